The summed E-state index contributed by atoms with van der Waals surface area (Å²) in [5, 5.41) is 14.4. The molecule has 1 aromatic heterocycles. The summed E-state index contributed by atoms with van der Waals surface area (Å²) in [5.41, 5.74) is 0.719. The van der Waals surface area contributed by atoms with E-state index in [1.54, 1.807) is 11.8 Å². The van der Waals surface area contributed by atoms with E-state index in [4.69, 9.17) is 4.74 Å². The van der Waals surface area contributed by atoms with Crippen molar-refractivity contribution in [3.05, 3.63) is 51.8 Å². The van der Waals surface area contributed by atoms with Gasteiger partial charge in [-0.2, -0.15) is 5.10 Å². The third-order valence-electron chi connectivity index (χ3n) is 2.86. The number of hydrogen-bond donors (Lipinski definition) is 1. The summed E-state index contributed by atoms with van der Waals surface area (Å²) in [6.07, 6.45) is 0.424. The molecule has 2 aromatic rings. The largest absolute Gasteiger partial charge is 0.383 e. The topological polar surface area (TPSA) is 47.3 Å². The van der Waals surface area contributed by atoms with E-state index in [2.05, 4.69) is 21.0 Å². The van der Waals surface area contributed by atoms with Crippen LogP contribution in [0.3, 0.4) is 0 Å². The molecule has 1 aromatic carbocycles. The number of aliphatic hydroxyl groups is 1. The molecule has 1 unspecified atom stereocenters. The number of ether oxygens (including phenoxy) is 1. The molecule has 0 saturated carbocycles. The van der Waals surface area contributed by atoms with Crippen LogP contribution in [0.25, 0.3) is 0 Å². The number of aromatic nitrogens is 2. The summed E-state index contributed by atoms with van der Waals surface area (Å²) < 4.78 is 33.3. The number of rotatable bonds is 5. The predicted octanol–water partition coefficient (Wildman–Crippen LogP) is 2.65. The quantitative estimate of drug-likeness (QED) is 0.905. The molecule has 1 heterocycles. The molecule has 20 heavy (non-hydrogen) atoms. The second-order valence-corrected chi connectivity index (χ2v) is 5.02. The number of benzene rings is 1. The van der Waals surface area contributed by atoms with Gasteiger partial charge in [0, 0.05) is 7.11 Å². The normalized spacial score (nSPS) is 12.7. The Kier molecular flexibility index (Phi) is 4.85. The molecule has 0 aliphatic heterocycles. The molecule has 1 N–H and O–H groups in total. The fraction of sp³-hybridized carbons (Fsp3) is 0.308. The molecule has 0 fully saturated rings. The maximum Gasteiger partial charge on any atom is 0.159 e. The van der Waals surface area contributed by atoms with Crippen molar-refractivity contribution in [3.8, 4) is 0 Å². The molecular weight excluding hydrogens is 334 g/mol. The lowest BCUT2D eigenvalue weighted by atomic mass is 10.1. The van der Waals surface area contributed by atoms with Gasteiger partial charge in [-0.25, -0.2) is 8.78 Å². The minimum atomic E-state index is -1.11. The monoisotopic (exact) mass is 346 g/mol. The van der Waals surface area contributed by atoms with Gasteiger partial charge in [-0.15, -0.1) is 0 Å². The first-order valence-electron chi connectivity index (χ1n) is 5.87. The lowest BCUT2D eigenvalue weighted by Gasteiger charge is -2.14. The summed E-state index contributed by atoms with van der Waals surface area (Å²) in [4.78, 5) is 0. The van der Waals surface area contributed by atoms with E-state index < -0.39 is 17.7 Å². The van der Waals surface area contributed by atoms with Gasteiger partial charge >= 0.3 is 0 Å². The Morgan fingerprint density at radius 2 is 2.15 bits per heavy atom. The Morgan fingerprint density at radius 1 is 1.40 bits per heavy atom. The van der Waals surface area contributed by atoms with E-state index >= 15 is 0 Å². The second-order valence-electron chi connectivity index (χ2n) is 4.17. The zero-order valence-electron chi connectivity index (χ0n) is 10.7. The van der Waals surface area contributed by atoms with E-state index in [1.165, 1.54) is 12.3 Å². The van der Waals surface area contributed by atoms with Gasteiger partial charge in [0.05, 0.1) is 29.5 Å². The first-order chi connectivity index (χ1) is 9.54. The van der Waals surface area contributed by atoms with Crippen LogP contribution in [0.15, 0.2) is 28.9 Å². The van der Waals surface area contributed by atoms with Crippen LogP contribution in [0.2, 0.25) is 0 Å². The number of nitrogens with zero attached hydrogens (tertiary/aromatic N) is 2. The van der Waals surface area contributed by atoms with Gasteiger partial charge in [-0.3, -0.25) is 4.68 Å². The maximum atomic E-state index is 13.2. The predicted molar refractivity (Wildman–Crippen MR) is 72.2 cm³/mol. The summed E-state index contributed by atoms with van der Waals surface area (Å²) in [6.45, 7) is 0.865. The minimum absolute atomic E-state index is 0.253. The maximum absolute atomic E-state index is 13.2. The molecule has 0 spiro atoms. The highest BCUT2D eigenvalue weighted by molar-refractivity contribution is 9.10. The van der Waals surface area contributed by atoms with Gasteiger partial charge in [0.25, 0.3) is 0 Å². The van der Waals surface area contributed by atoms with Crippen LogP contribution in [0.4, 0.5) is 8.78 Å². The van der Waals surface area contributed by atoms with E-state index in [-0.39, 0.29) is 5.56 Å². The van der Waals surface area contributed by atoms with Crippen molar-refractivity contribution in [3.63, 3.8) is 0 Å². The van der Waals surface area contributed by atoms with Crippen LogP contribution in [0.1, 0.15) is 17.4 Å². The summed E-state index contributed by atoms with van der Waals surface area (Å²) in [7, 11) is 1.56. The molecule has 0 saturated heterocycles. The van der Waals surface area contributed by atoms with Crippen LogP contribution in [-0.4, -0.2) is 28.6 Å². The lowest BCUT2D eigenvalue weighted by molar-refractivity contribution is 0.171. The Bertz CT molecular complexity index is 604. The second kappa shape index (κ2) is 6.43. The Labute approximate surface area is 123 Å². The lowest BCUT2D eigenvalue weighted by Crippen LogP contribution is -2.14. The Balaban J connectivity index is 2.34. The number of aliphatic hydroxyl groups excluding tert-OH is 1. The van der Waals surface area contributed by atoms with Crippen LogP contribution in [0.5, 0.6) is 0 Å². The highest BCUT2D eigenvalue weighted by atomic mass is 79.9. The smallest absolute Gasteiger partial charge is 0.159 e. The third-order valence-corrected chi connectivity index (χ3v) is 3.47. The van der Waals surface area contributed by atoms with E-state index in [0.717, 1.165) is 12.1 Å². The fourth-order valence-electron chi connectivity index (χ4n) is 1.84. The molecule has 0 bridgehead atoms. The van der Waals surface area contributed by atoms with E-state index in [1.807, 2.05) is 0 Å². The van der Waals surface area contributed by atoms with Crippen LogP contribution < -0.4 is 0 Å². The molecule has 2 rings (SSSR count). The van der Waals surface area contributed by atoms with Crippen molar-refractivity contribution in [1.82, 2.24) is 9.78 Å². The van der Waals surface area contributed by atoms with Crippen molar-refractivity contribution in [2.75, 3.05) is 13.7 Å². The molecule has 108 valence electrons. The fourth-order valence-corrected chi connectivity index (χ4v) is 2.35. The summed E-state index contributed by atoms with van der Waals surface area (Å²) in [5.74, 6) is -1.95. The minimum Gasteiger partial charge on any atom is -0.383 e. The molecule has 0 aliphatic carbocycles. The average molecular weight is 347 g/mol. The molecule has 0 aliphatic rings. The van der Waals surface area contributed by atoms with Crippen LogP contribution >= 0.6 is 15.9 Å². The Hall–Kier alpha value is -1.31. The zero-order chi connectivity index (χ0) is 14.7. The highest BCUT2D eigenvalue weighted by Crippen LogP contribution is 2.29. The number of methoxy groups -OCH3 is 1. The van der Waals surface area contributed by atoms with Gasteiger partial charge < -0.3 is 9.84 Å². The summed E-state index contributed by atoms with van der Waals surface area (Å²) >= 11 is 3.29. The van der Waals surface area contributed by atoms with Crippen molar-refractivity contribution < 1.29 is 18.6 Å². The number of halogens is 3. The van der Waals surface area contributed by atoms with Crippen molar-refractivity contribution in [2.24, 2.45) is 0 Å². The molecule has 4 nitrogen and oxygen atoms in total. The Morgan fingerprint density at radius 3 is 2.80 bits per heavy atom. The van der Waals surface area contributed by atoms with E-state index in [9.17, 15) is 13.9 Å². The van der Waals surface area contributed by atoms with Crippen molar-refractivity contribution in [1.29, 1.82) is 0 Å². The average Bonchev–Trinajstić information content (AvgIpc) is 2.80. The van der Waals surface area contributed by atoms with Crippen LogP contribution in [0, 0.1) is 11.6 Å². The van der Waals surface area contributed by atoms with Gasteiger partial charge in [0.15, 0.2) is 11.6 Å². The standard InChI is InChI=1S/C13H13BrF2N2O2/c1-20-5-4-18-12(9(14)7-17-18)13(19)8-2-3-10(15)11(16)6-8/h2-3,6-7,13,19H,4-5H2,1H3. The molecule has 0 amide bonds. The molecular formula is C13H13BrF2N2O2. The van der Waals surface area contributed by atoms with E-state index in [0.29, 0.717) is 23.3 Å². The van der Waals surface area contributed by atoms with Gasteiger partial charge in [-0.1, -0.05) is 6.07 Å². The molecule has 7 heteroatoms. The SMILES string of the molecule is COCCn1ncc(Br)c1C(O)c1ccc(F)c(F)c1. The van der Waals surface area contributed by atoms with Crippen LogP contribution in [-0.2, 0) is 11.3 Å². The van der Waals surface area contributed by atoms with Gasteiger partial charge in [-0.05, 0) is 33.6 Å². The molecule has 1 atom stereocenters. The number of hydrogen-bond acceptors (Lipinski definition) is 3. The third kappa shape index (κ3) is 3.05. The first-order valence-corrected chi connectivity index (χ1v) is 6.67. The zero-order valence-corrected chi connectivity index (χ0v) is 12.3. The highest BCUT2D eigenvalue weighted by Gasteiger charge is 2.20. The van der Waals surface area contributed by atoms with Gasteiger partial charge in [0.1, 0.15) is 6.10 Å². The first kappa shape index (κ1) is 15.1. The van der Waals surface area contributed by atoms with Gasteiger partial charge in [0.2, 0.25) is 0 Å². The summed E-state index contributed by atoms with van der Waals surface area (Å²) in [6, 6.07) is 3.29. The molecule has 0 radical (unpaired) electrons. The van der Waals surface area contributed by atoms with Crippen molar-refractivity contribution in [2.45, 2.75) is 12.6 Å². The van der Waals surface area contributed by atoms with Crippen molar-refractivity contribution >= 4 is 15.9 Å².